The van der Waals surface area contributed by atoms with E-state index in [1.165, 1.54) is 17.8 Å². The van der Waals surface area contributed by atoms with E-state index in [1.807, 2.05) is 0 Å². The summed E-state index contributed by atoms with van der Waals surface area (Å²) in [4.78, 5) is 45.7. The molecule has 3 rings (SSSR count). The van der Waals surface area contributed by atoms with Crippen LogP contribution in [0.3, 0.4) is 0 Å². The Morgan fingerprint density at radius 1 is 1.61 bits per heavy atom. The fourth-order valence-electron chi connectivity index (χ4n) is 2.79. The molecule has 10 nitrogen and oxygen atoms in total. The normalized spacial score (nSPS) is 21.7. The van der Waals surface area contributed by atoms with Crippen LogP contribution in [0.25, 0.3) is 0 Å². The van der Waals surface area contributed by atoms with Crippen LogP contribution in [-0.2, 0) is 19.2 Å². The van der Waals surface area contributed by atoms with Crippen LogP contribution in [0.4, 0.5) is 5.13 Å². The summed E-state index contributed by atoms with van der Waals surface area (Å²) in [6.07, 6.45) is 1.35. The van der Waals surface area contributed by atoms with Crippen LogP contribution in [-0.4, -0.2) is 55.8 Å². The number of carbonyl (C=O) groups excluding carboxylic acids is 2. The summed E-state index contributed by atoms with van der Waals surface area (Å²) in [7, 11) is 0. The van der Waals surface area contributed by atoms with Gasteiger partial charge in [0.25, 0.3) is 5.91 Å². The van der Waals surface area contributed by atoms with Gasteiger partial charge in [-0.3, -0.25) is 14.5 Å². The number of carboxylic acids is 1. The van der Waals surface area contributed by atoms with E-state index in [-0.39, 0.29) is 41.0 Å². The number of nitrogens with one attached hydrogen (secondary N) is 1. The maximum absolute atomic E-state index is 12.9. The number of anilines is 1. The number of carbonyl (C=O) groups is 3. The number of fused-ring (bicyclic) bond motifs is 1. The molecule has 2 aliphatic heterocycles. The van der Waals surface area contributed by atoms with Gasteiger partial charge >= 0.3 is 5.97 Å². The fourth-order valence-corrected chi connectivity index (χ4v) is 4.70. The first-order valence-electron chi connectivity index (χ1n) is 8.12. The summed E-state index contributed by atoms with van der Waals surface area (Å²) in [5.74, 6) is -2.06. The number of hydrogen-bond acceptors (Lipinski definition) is 9. The Labute approximate surface area is 168 Å². The Morgan fingerprint density at radius 3 is 2.89 bits per heavy atom. The Balaban J connectivity index is 1.92. The zero-order valence-electron chi connectivity index (χ0n) is 14.8. The van der Waals surface area contributed by atoms with Gasteiger partial charge in [0.05, 0.1) is 6.42 Å². The zero-order chi connectivity index (χ0) is 20.5. The van der Waals surface area contributed by atoms with E-state index in [0.29, 0.717) is 5.57 Å². The predicted octanol–water partition coefficient (Wildman–Crippen LogP) is 0.740. The van der Waals surface area contributed by atoms with E-state index < -0.39 is 22.8 Å². The Kier molecular flexibility index (Phi) is 5.42. The number of aliphatic carboxylic acids is 1. The van der Waals surface area contributed by atoms with Gasteiger partial charge < -0.3 is 21.0 Å². The largest absolute Gasteiger partial charge is 0.477 e. The first-order valence-corrected chi connectivity index (χ1v) is 9.99. The van der Waals surface area contributed by atoms with Gasteiger partial charge in [0, 0.05) is 11.1 Å². The Hall–Kier alpha value is -2.86. The maximum atomic E-state index is 12.9. The van der Waals surface area contributed by atoms with Gasteiger partial charge in [0.2, 0.25) is 5.91 Å². The van der Waals surface area contributed by atoms with Crippen molar-refractivity contribution in [3.63, 3.8) is 0 Å². The summed E-state index contributed by atoms with van der Waals surface area (Å²) in [5.41, 5.74) is 5.96. The summed E-state index contributed by atoms with van der Waals surface area (Å²) in [5, 5.41) is 17.9. The summed E-state index contributed by atoms with van der Waals surface area (Å²) in [6.45, 7) is 5.54. The van der Waals surface area contributed by atoms with Crippen LogP contribution in [0.2, 0.25) is 0 Å². The molecule has 12 heteroatoms. The minimum Gasteiger partial charge on any atom is -0.477 e. The highest BCUT2D eigenvalue weighted by Crippen LogP contribution is 2.47. The van der Waals surface area contributed by atoms with Crippen LogP contribution < -0.4 is 11.1 Å². The molecule has 0 aliphatic carbocycles. The molecule has 0 spiro atoms. The number of thiazole rings is 1. The molecule has 0 unspecified atom stereocenters. The molecule has 1 fully saturated rings. The van der Waals surface area contributed by atoms with Crippen LogP contribution in [0, 0.1) is 0 Å². The number of oxime groups is 1. The van der Waals surface area contributed by atoms with Gasteiger partial charge in [-0.15, -0.1) is 23.1 Å². The number of carboxylic acid groups (broad SMARTS) is 1. The van der Waals surface area contributed by atoms with Gasteiger partial charge in [-0.05, 0) is 12.5 Å². The maximum Gasteiger partial charge on any atom is 0.353 e. The Bertz CT molecular complexity index is 924. The SMILES string of the molecule is C=CC1=C(C(=O)O)N2C(=O)C[C@@]2(NC(=O)/C(=N/OCC)c2csc(N)n2)SC1. The van der Waals surface area contributed by atoms with Crippen molar-refractivity contribution in [2.24, 2.45) is 5.16 Å². The van der Waals surface area contributed by atoms with Gasteiger partial charge in [0.15, 0.2) is 15.8 Å². The number of thioether (sulfide) groups is 1. The molecule has 1 atom stereocenters. The second-order valence-electron chi connectivity index (χ2n) is 5.74. The average molecular weight is 423 g/mol. The van der Waals surface area contributed by atoms with Crippen molar-refractivity contribution in [2.75, 3.05) is 18.1 Å². The fraction of sp³-hybridized carbons (Fsp3) is 0.312. The van der Waals surface area contributed by atoms with Crippen LogP contribution in [0.1, 0.15) is 19.0 Å². The van der Waals surface area contributed by atoms with Gasteiger partial charge in [0.1, 0.15) is 18.0 Å². The molecule has 148 valence electrons. The molecule has 2 aliphatic rings. The Morgan fingerprint density at radius 2 is 2.36 bits per heavy atom. The topological polar surface area (TPSA) is 147 Å². The third-order valence-corrected chi connectivity index (χ3v) is 6.05. The molecule has 1 saturated heterocycles. The number of nitrogens with zero attached hydrogens (tertiary/aromatic N) is 3. The lowest BCUT2D eigenvalue weighted by molar-refractivity contribution is -0.154. The second kappa shape index (κ2) is 7.64. The minimum absolute atomic E-state index is 0.0499. The lowest BCUT2D eigenvalue weighted by Crippen LogP contribution is -2.72. The molecule has 28 heavy (non-hydrogen) atoms. The van der Waals surface area contributed by atoms with Crippen LogP contribution in [0.5, 0.6) is 0 Å². The van der Waals surface area contributed by atoms with Crippen molar-refractivity contribution >= 4 is 51.7 Å². The molecule has 0 saturated carbocycles. The summed E-state index contributed by atoms with van der Waals surface area (Å²) in [6, 6.07) is 0. The van der Waals surface area contributed by atoms with E-state index in [2.05, 4.69) is 22.0 Å². The molecule has 0 aromatic carbocycles. The average Bonchev–Trinajstić information content (AvgIpc) is 3.06. The zero-order valence-corrected chi connectivity index (χ0v) is 16.4. The van der Waals surface area contributed by atoms with E-state index in [9.17, 15) is 19.5 Å². The quantitative estimate of drug-likeness (QED) is 0.330. The number of nitrogens with two attached hydrogens (primary N) is 1. The molecule has 2 amide bonds. The molecule has 1 aromatic rings. The third kappa shape index (κ3) is 3.36. The lowest BCUT2D eigenvalue weighted by atomic mass is 10.0. The van der Waals surface area contributed by atoms with E-state index >= 15 is 0 Å². The van der Waals surface area contributed by atoms with Crippen molar-refractivity contribution < 1.29 is 24.3 Å². The monoisotopic (exact) mass is 423 g/mol. The minimum atomic E-state index is -1.27. The third-order valence-electron chi connectivity index (χ3n) is 4.02. The number of hydrogen-bond donors (Lipinski definition) is 3. The number of nitrogen functional groups attached to an aromatic ring is 1. The summed E-state index contributed by atoms with van der Waals surface area (Å²) >= 11 is 2.37. The van der Waals surface area contributed by atoms with Crippen LogP contribution in [0.15, 0.2) is 34.5 Å². The number of rotatable bonds is 7. The second-order valence-corrected chi connectivity index (χ2v) is 7.89. The first-order chi connectivity index (χ1) is 13.3. The molecule has 3 heterocycles. The van der Waals surface area contributed by atoms with E-state index in [1.54, 1.807) is 12.3 Å². The van der Waals surface area contributed by atoms with Crippen molar-refractivity contribution in [1.82, 2.24) is 15.2 Å². The number of aromatic nitrogens is 1. The highest BCUT2D eigenvalue weighted by atomic mass is 32.2. The van der Waals surface area contributed by atoms with Crippen LogP contribution >= 0.6 is 23.1 Å². The lowest BCUT2D eigenvalue weighted by Gasteiger charge is -2.53. The molecule has 0 radical (unpaired) electrons. The van der Waals surface area contributed by atoms with Crippen molar-refractivity contribution in [3.8, 4) is 0 Å². The molecule has 0 bridgehead atoms. The smallest absolute Gasteiger partial charge is 0.353 e. The molecular weight excluding hydrogens is 406 g/mol. The number of amides is 2. The standard InChI is InChI=1S/C16H17N5O5S2/c1-3-8-6-28-16(5-10(22)21(16)12(8)14(24)25)19-13(23)11(20-26-4-2)9-7-27-15(17)18-9/h3,7H,1,4-6H2,2H3,(H2,17,18)(H,19,23)(H,24,25)/b20-11+/t16-/m0/s1. The van der Waals surface area contributed by atoms with Gasteiger partial charge in [-0.1, -0.05) is 17.8 Å². The summed E-state index contributed by atoms with van der Waals surface area (Å²) < 4.78 is 0. The van der Waals surface area contributed by atoms with E-state index in [4.69, 9.17) is 10.6 Å². The molecule has 1 aromatic heterocycles. The van der Waals surface area contributed by atoms with Gasteiger partial charge in [-0.25, -0.2) is 9.78 Å². The molecular formula is C16H17N5O5S2. The molecule has 4 N–H and O–H groups in total. The van der Waals surface area contributed by atoms with E-state index in [0.717, 1.165) is 16.2 Å². The predicted molar refractivity (Wildman–Crippen MR) is 104 cm³/mol. The number of β-lactam (4-membered cyclic amide) rings is 1. The number of allylic oxidation sites excluding steroid dienone is 1. The van der Waals surface area contributed by atoms with Crippen molar-refractivity contribution in [2.45, 2.75) is 18.3 Å². The first kappa shape index (κ1) is 19.9. The van der Waals surface area contributed by atoms with Crippen molar-refractivity contribution in [3.05, 3.63) is 35.0 Å². The highest BCUT2D eigenvalue weighted by Gasteiger charge is 2.58. The highest BCUT2D eigenvalue weighted by molar-refractivity contribution is 8.01. The van der Waals surface area contributed by atoms with Gasteiger partial charge in [-0.2, -0.15) is 0 Å². The van der Waals surface area contributed by atoms with Crippen molar-refractivity contribution in [1.29, 1.82) is 0 Å².